The number of hydrogen-bond donors (Lipinski definition) is 0. The average molecular weight is 746 g/mol. The Morgan fingerprint density at radius 1 is 0.333 bits per heavy atom. The maximum atomic E-state index is 5.32. The van der Waals surface area contributed by atoms with Gasteiger partial charge in [-0.05, 0) is 64.7 Å². The van der Waals surface area contributed by atoms with Gasteiger partial charge in [-0.2, -0.15) is 15.0 Å². The number of nitrogens with zero attached hydrogens (tertiary/aromatic N) is 5. The molecule has 0 aliphatic carbocycles. The predicted molar refractivity (Wildman–Crippen MR) is 238 cm³/mol. The fourth-order valence-corrected chi connectivity index (χ4v) is 9.88. The summed E-state index contributed by atoms with van der Waals surface area (Å²) in [6.07, 6.45) is 0. The number of para-hydroxylation sites is 4. The molecule has 0 aliphatic heterocycles. The second-order valence-corrected chi connectivity index (χ2v) is 15.5. The van der Waals surface area contributed by atoms with E-state index in [2.05, 4.69) is 197 Å². The molecule has 0 radical (unpaired) electrons. The van der Waals surface area contributed by atoms with Crippen molar-refractivity contribution in [1.82, 2.24) is 24.1 Å². The molecule has 57 heavy (non-hydrogen) atoms. The van der Waals surface area contributed by atoms with Crippen molar-refractivity contribution in [3.63, 3.8) is 0 Å². The lowest BCUT2D eigenvalue weighted by Gasteiger charge is -2.13. The van der Waals surface area contributed by atoms with E-state index in [1.807, 2.05) is 11.3 Å². The molecule has 4 heterocycles. The van der Waals surface area contributed by atoms with Crippen LogP contribution < -0.4 is 0 Å². The highest BCUT2D eigenvalue weighted by Gasteiger charge is 2.20. The second kappa shape index (κ2) is 12.6. The molecule has 0 spiro atoms. The largest absolute Gasteiger partial charge is 0.278 e. The first-order chi connectivity index (χ1) is 28.3. The van der Waals surface area contributed by atoms with Crippen molar-refractivity contribution < 1.29 is 0 Å². The zero-order valence-electron chi connectivity index (χ0n) is 30.5. The van der Waals surface area contributed by atoms with E-state index in [1.165, 1.54) is 31.3 Å². The third-order valence-electron chi connectivity index (χ3n) is 11.2. The second-order valence-electron chi connectivity index (χ2n) is 14.4. The summed E-state index contributed by atoms with van der Waals surface area (Å²) in [6, 6.07) is 66.7. The Morgan fingerprint density at radius 3 is 1.32 bits per heavy atom. The first-order valence-corrected chi connectivity index (χ1v) is 19.9. The van der Waals surface area contributed by atoms with Gasteiger partial charge in [0.1, 0.15) is 0 Å². The first-order valence-electron chi connectivity index (χ1n) is 19.1. The Morgan fingerprint density at radius 2 is 0.754 bits per heavy atom. The van der Waals surface area contributed by atoms with Gasteiger partial charge in [0.05, 0.1) is 22.1 Å². The third kappa shape index (κ3) is 4.98. The van der Waals surface area contributed by atoms with Gasteiger partial charge in [0, 0.05) is 47.3 Å². The van der Waals surface area contributed by atoms with E-state index in [4.69, 9.17) is 15.0 Å². The zero-order chi connectivity index (χ0) is 37.5. The van der Waals surface area contributed by atoms with E-state index in [1.54, 1.807) is 0 Å². The molecule has 0 N–H and O–H groups in total. The highest BCUT2D eigenvalue weighted by Crippen LogP contribution is 2.41. The van der Waals surface area contributed by atoms with Crippen LogP contribution in [-0.2, 0) is 0 Å². The lowest BCUT2D eigenvalue weighted by atomic mass is 9.97. The number of rotatable bonds is 5. The molecule has 0 bridgehead atoms. The fraction of sp³-hybridized carbons (Fsp3) is 0. The molecule has 6 heteroatoms. The van der Waals surface area contributed by atoms with Crippen molar-refractivity contribution in [3.05, 3.63) is 188 Å². The SMILES string of the molecule is c1cc(-c2cccc(-c3cccc4c3sc3ccccc34)c2)cc(-c2nc(-n3c4ccccc4c4ccccc43)nc(-n3c4ccccc4c4ccccc43)n2)c1. The minimum atomic E-state index is 0.568. The number of fused-ring (bicyclic) bond motifs is 9. The van der Waals surface area contributed by atoms with Crippen LogP contribution in [0.3, 0.4) is 0 Å². The predicted octanol–water partition coefficient (Wildman–Crippen LogP) is 13.4. The summed E-state index contributed by atoms with van der Waals surface area (Å²) >= 11 is 1.86. The maximum absolute atomic E-state index is 5.32. The Labute approximate surface area is 331 Å². The summed E-state index contributed by atoms with van der Waals surface area (Å²) in [5, 5.41) is 7.22. The summed E-state index contributed by atoms with van der Waals surface area (Å²) in [4.78, 5) is 15.9. The number of hydrogen-bond acceptors (Lipinski definition) is 4. The molecular formula is C51H31N5S. The monoisotopic (exact) mass is 745 g/mol. The minimum Gasteiger partial charge on any atom is -0.278 e. The van der Waals surface area contributed by atoms with Gasteiger partial charge >= 0.3 is 0 Å². The summed E-state index contributed by atoms with van der Waals surface area (Å²) in [5.41, 5.74) is 9.75. The van der Waals surface area contributed by atoms with Crippen LogP contribution in [0.5, 0.6) is 0 Å². The van der Waals surface area contributed by atoms with E-state index in [9.17, 15) is 0 Å². The molecule has 0 amide bonds. The van der Waals surface area contributed by atoms with Crippen LogP contribution in [0.1, 0.15) is 0 Å². The molecule has 0 unspecified atom stereocenters. The third-order valence-corrected chi connectivity index (χ3v) is 12.4. The van der Waals surface area contributed by atoms with Crippen LogP contribution in [0, 0.1) is 0 Å². The molecule has 0 aliphatic rings. The lowest BCUT2D eigenvalue weighted by Crippen LogP contribution is -2.10. The fourth-order valence-electron chi connectivity index (χ4n) is 8.64. The Bertz CT molecular complexity index is 3310. The quantitative estimate of drug-likeness (QED) is 0.176. The van der Waals surface area contributed by atoms with Crippen LogP contribution in [0.15, 0.2) is 188 Å². The Kier molecular flexibility index (Phi) is 7.03. The van der Waals surface area contributed by atoms with Crippen molar-refractivity contribution in [2.24, 2.45) is 0 Å². The average Bonchev–Trinajstić information content (AvgIpc) is 3.94. The highest BCUT2D eigenvalue weighted by atomic mass is 32.1. The number of thiophene rings is 1. The molecule has 4 aromatic heterocycles. The summed E-state index contributed by atoms with van der Waals surface area (Å²) in [7, 11) is 0. The minimum absolute atomic E-state index is 0.568. The van der Waals surface area contributed by atoms with Crippen molar-refractivity contribution >= 4 is 75.1 Å². The zero-order valence-corrected chi connectivity index (χ0v) is 31.4. The van der Waals surface area contributed by atoms with Crippen LogP contribution in [0.2, 0.25) is 0 Å². The van der Waals surface area contributed by atoms with Gasteiger partial charge in [-0.25, -0.2) is 0 Å². The molecule has 8 aromatic carbocycles. The van der Waals surface area contributed by atoms with Gasteiger partial charge in [-0.1, -0.05) is 146 Å². The first kappa shape index (κ1) is 31.9. The summed E-state index contributed by atoms with van der Waals surface area (Å²) in [6.45, 7) is 0. The van der Waals surface area contributed by atoms with Gasteiger partial charge < -0.3 is 0 Å². The van der Waals surface area contributed by atoms with E-state index < -0.39 is 0 Å². The van der Waals surface area contributed by atoms with Gasteiger partial charge in [0.25, 0.3) is 0 Å². The molecule has 0 saturated carbocycles. The van der Waals surface area contributed by atoms with Crippen molar-refractivity contribution in [3.8, 4) is 45.5 Å². The molecule has 0 fully saturated rings. The van der Waals surface area contributed by atoms with Gasteiger partial charge in [-0.15, -0.1) is 11.3 Å². The van der Waals surface area contributed by atoms with Crippen molar-refractivity contribution in [2.45, 2.75) is 0 Å². The molecular weight excluding hydrogens is 715 g/mol. The molecule has 12 rings (SSSR count). The molecule has 0 atom stereocenters. The van der Waals surface area contributed by atoms with E-state index in [0.29, 0.717) is 17.7 Å². The van der Waals surface area contributed by atoms with E-state index in [-0.39, 0.29) is 0 Å². The summed E-state index contributed by atoms with van der Waals surface area (Å²) in [5.74, 6) is 1.74. The number of aromatic nitrogens is 5. The smallest absolute Gasteiger partial charge is 0.240 e. The standard InChI is InChI=1S/C51H31N5S/c1-6-25-43-37(18-1)38-19-2-7-26-44(38)55(43)50-52-49(53-51(54-50)56-45-27-8-3-20-39(45)40-21-4-9-28-46(40)56)35-17-12-15-33(31-35)32-14-11-16-34(30-32)36-23-13-24-42-41-22-5-10-29-47(41)57-48(36)42/h1-31H. The molecule has 5 nitrogen and oxygen atoms in total. The van der Waals surface area contributed by atoms with Crippen molar-refractivity contribution in [1.29, 1.82) is 0 Å². The highest BCUT2D eigenvalue weighted by molar-refractivity contribution is 7.26. The number of benzene rings is 8. The Hall–Kier alpha value is -7.41. The molecule has 12 aromatic rings. The van der Waals surface area contributed by atoms with Crippen LogP contribution >= 0.6 is 11.3 Å². The van der Waals surface area contributed by atoms with E-state index in [0.717, 1.165) is 60.3 Å². The molecule has 0 saturated heterocycles. The topological polar surface area (TPSA) is 48.5 Å². The maximum Gasteiger partial charge on any atom is 0.240 e. The summed E-state index contributed by atoms with van der Waals surface area (Å²) < 4.78 is 6.97. The van der Waals surface area contributed by atoms with Crippen LogP contribution in [-0.4, -0.2) is 24.1 Å². The van der Waals surface area contributed by atoms with Gasteiger partial charge in [0.15, 0.2) is 5.82 Å². The van der Waals surface area contributed by atoms with Crippen LogP contribution in [0.4, 0.5) is 0 Å². The normalized spacial score (nSPS) is 11.9. The van der Waals surface area contributed by atoms with Gasteiger partial charge in [-0.3, -0.25) is 9.13 Å². The Balaban J connectivity index is 1.06. The van der Waals surface area contributed by atoms with E-state index >= 15 is 0 Å². The van der Waals surface area contributed by atoms with Gasteiger partial charge in [0.2, 0.25) is 11.9 Å². The lowest BCUT2D eigenvalue weighted by molar-refractivity contribution is 0.893. The van der Waals surface area contributed by atoms with Crippen LogP contribution in [0.25, 0.3) is 109 Å². The molecule has 266 valence electrons. The van der Waals surface area contributed by atoms with Crippen molar-refractivity contribution in [2.75, 3.05) is 0 Å².